The summed E-state index contributed by atoms with van der Waals surface area (Å²) in [7, 11) is 0. The molecule has 0 bridgehead atoms. The Hall–Kier alpha value is -0.710. The maximum Gasteiger partial charge on any atom is 0.235 e. The molecule has 1 aromatic carbocycles. The fourth-order valence-corrected chi connectivity index (χ4v) is 3.20. The highest BCUT2D eigenvalue weighted by molar-refractivity contribution is 8.00. The average molecular weight is 285 g/mol. The Morgan fingerprint density at radius 2 is 2.17 bits per heavy atom. The molecule has 0 aromatic heterocycles. The lowest BCUT2D eigenvalue weighted by Gasteiger charge is -2.29. The molecular formula is C13H17ClN2OS. The molecule has 5 heteroatoms. The number of piperazine rings is 1. The van der Waals surface area contributed by atoms with Gasteiger partial charge in [-0.1, -0.05) is 17.7 Å². The van der Waals surface area contributed by atoms with Crippen molar-refractivity contribution in [2.75, 3.05) is 26.2 Å². The molecule has 1 aliphatic rings. The number of carbonyl (C=O) groups excluding carboxylic acids is 1. The van der Waals surface area contributed by atoms with Gasteiger partial charge in [0.2, 0.25) is 5.91 Å². The van der Waals surface area contributed by atoms with E-state index < -0.39 is 0 Å². The van der Waals surface area contributed by atoms with Crippen LogP contribution < -0.4 is 5.32 Å². The van der Waals surface area contributed by atoms with E-state index in [1.807, 2.05) is 36.1 Å². The van der Waals surface area contributed by atoms with Gasteiger partial charge in [0.15, 0.2) is 0 Å². The van der Waals surface area contributed by atoms with Crippen molar-refractivity contribution in [3.63, 3.8) is 0 Å². The minimum Gasteiger partial charge on any atom is -0.339 e. The van der Waals surface area contributed by atoms with Gasteiger partial charge in [0, 0.05) is 36.1 Å². The first-order chi connectivity index (χ1) is 8.66. The minimum atomic E-state index is -0.0680. The second-order valence-corrected chi connectivity index (χ2v) is 6.14. The highest BCUT2D eigenvalue weighted by atomic mass is 35.5. The number of benzene rings is 1. The van der Waals surface area contributed by atoms with Gasteiger partial charge in [-0.2, -0.15) is 0 Å². The zero-order valence-corrected chi connectivity index (χ0v) is 11.9. The van der Waals surface area contributed by atoms with Crippen molar-refractivity contribution < 1.29 is 4.79 Å². The van der Waals surface area contributed by atoms with Crippen molar-refractivity contribution in [1.29, 1.82) is 0 Å². The molecule has 1 unspecified atom stereocenters. The van der Waals surface area contributed by atoms with Gasteiger partial charge >= 0.3 is 0 Å². The van der Waals surface area contributed by atoms with Gasteiger partial charge in [-0.25, -0.2) is 0 Å². The maximum absolute atomic E-state index is 12.2. The Bertz CT molecular complexity index is 421. The molecule has 1 fully saturated rings. The summed E-state index contributed by atoms with van der Waals surface area (Å²) in [6.07, 6.45) is 0. The first-order valence-electron chi connectivity index (χ1n) is 6.08. The van der Waals surface area contributed by atoms with Gasteiger partial charge < -0.3 is 10.2 Å². The van der Waals surface area contributed by atoms with E-state index in [0.29, 0.717) is 5.02 Å². The van der Waals surface area contributed by atoms with Crippen LogP contribution in [0.1, 0.15) is 6.92 Å². The fraction of sp³-hybridized carbons (Fsp3) is 0.462. The molecule has 0 aliphatic carbocycles. The molecule has 1 aliphatic heterocycles. The lowest BCUT2D eigenvalue weighted by molar-refractivity contribution is -0.130. The van der Waals surface area contributed by atoms with Crippen LogP contribution in [0.2, 0.25) is 5.02 Å². The minimum absolute atomic E-state index is 0.0680. The third-order valence-electron chi connectivity index (χ3n) is 2.89. The molecule has 0 radical (unpaired) electrons. The van der Waals surface area contributed by atoms with Crippen LogP contribution >= 0.6 is 23.4 Å². The van der Waals surface area contributed by atoms with E-state index in [2.05, 4.69) is 5.32 Å². The molecule has 1 aromatic rings. The Labute approximate surface area is 117 Å². The predicted molar refractivity (Wildman–Crippen MR) is 76.2 cm³/mol. The smallest absolute Gasteiger partial charge is 0.235 e. The molecule has 3 nitrogen and oxygen atoms in total. The van der Waals surface area contributed by atoms with Crippen LogP contribution in [-0.2, 0) is 4.79 Å². The standard InChI is InChI=1S/C13H17ClN2OS/c1-10(13(17)16-7-5-15-6-8-16)18-12-4-2-3-11(14)9-12/h2-4,9-10,15H,5-8H2,1H3. The summed E-state index contributed by atoms with van der Waals surface area (Å²) in [5.41, 5.74) is 0. The molecule has 2 rings (SSSR count). The summed E-state index contributed by atoms with van der Waals surface area (Å²) in [4.78, 5) is 15.2. The van der Waals surface area contributed by atoms with Gasteiger partial charge in [0.1, 0.15) is 0 Å². The number of nitrogens with one attached hydrogen (secondary N) is 1. The number of carbonyl (C=O) groups is 1. The molecule has 1 amide bonds. The number of halogens is 1. The van der Waals surface area contributed by atoms with E-state index in [9.17, 15) is 4.79 Å². The average Bonchev–Trinajstić information content (AvgIpc) is 2.39. The van der Waals surface area contributed by atoms with Crippen LogP contribution in [-0.4, -0.2) is 42.2 Å². The topological polar surface area (TPSA) is 32.3 Å². The lowest BCUT2D eigenvalue weighted by Crippen LogP contribution is -2.48. The van der Waals surface area contributed by atoms with Crippen LogP contribution in [0.5, 0.6) is 0 Å². The lowest BCUT2D eigenvalue weighted by atomic mass is 10.3. The zero-order chi connectivity index (χ0) is 13.0. The monoisotopic (exact) mass is 284 g/mol. The summed E-state index contributed by atoms with van der Waals surface area (Å²) in [5, 5.41) is 3.89. The van der Waals surface area contributed by atoms with Gasteiger partial charge in [-0.05, 0) is 25.1 Å². The molecule has 0 spiro atoms. The van der Waals surface area contributed by atoms with E-state index in [4.69, 9.17) is 11.6 Å². The Kier molecular flexibility index (Phi) is 4.92. The number of thioether (sulfide) groups is 1. The largest absolute Gasteiger partial charge is 0.339 e. The van der Waals surface area contributed by atoms with E-state index in [-0.39, 0.29) is 11.2 Å². The normalized spacial score (nSPS) is 17.6. The number of amides is 1. The highest BCUT2D eigenvalue weighted by Gasteiger charge is 2.22. The van der Waals surface area contributed by atoms with E-state index in [1.54, 1.807) is 11.8 Å². The van der Waals surface area contributed by atoms with Gasteiger partial charge in [-0.3, -0.25) is 4.79 Å². The van der Waals surface area contributed by atoms with Gasteiger partial charge in [-0.15, -0.1) is 11.8 Å². The summed E-state index contributed by atoms with van der Waals surface area (Å²) in [6, 6.07) is 7.63. The second kappa shape index (κ2) is 6.45. The van der Waals surface area contributed by atoms with Crippen molar-refractivity contribution in [3.05, 3.63) is 29.3 Å². The number of rotatable bonds is 3. The summed E-state index contributed by atoms with van der Waals surface area (Å²) >= 11 is 7.50. The Morgan fingerprint density at radius 1 is 1.44 bits per heavy atom. The summed E-state index contributed by atoms with van der Waals surface area (Å²) < 4.78 is 0. The Balaban J connectivity index is 1.94. The third-order valence-corrected chi connectivity index (χ3v) is 4.20. The van der Waals surface area contributed by atoms with Crippen molar-refractivity contribution in [1.82, 2.24) is 10.2 Å². The quantitative estimate of drug-likeness (QED) is 0.864. The Morgan fingerprint density at radius 3 is 2.83 bits per heavy atom. The molecule has 1 N–H and O–H groups in total. The van der Waals surface area contributed by atoms with Crippen LogP contribution in [0.15, 0.2) is 29.2 Å². The first-order valence-corrected chi connectivity index (χ1v) is 7.34. The van der Waals surface area contributed by atoms with Crippen LogP contribution in [0.4, 0.5) is 0 Å². The van der Waals surface area contributed by atoms with Crippen molar-refractivity contribution >= 4 is 29.3 Å². The van der Waals surface area contributed by atoms with Crippen LogP contribution in [0.3, 0.4) is 0 Å². The van der Waals surface area contributed by atoms with E-state index in [1.165, 1.54) is 0 Å². The van der Waals surface area contributed by atoms with Crippen molar-refractivity contribution in [2.45, 2.75) is 17.1 Å². The van der Waals surface area contributed by atoms with Crippen LogP contribution in [0.25, 0.3) is 0 Å². The number of hydrogen-bond acceptors (Lipinski definition) is 3. The van der Waals surface area contributed by atoms with Crippen LogP contribution in [0, 0.1) is 0 Å². The molecular weight excluding hydrogens is 268 g/mol. The van der Waals surface area contributed by atoms with E-state index in [0.717, 1.165) is 31.1 Å². The molecule has 1 atom stereocenters. The third kappa shape index (κ3) is 3.64. The summed E-state index contributed by atoms with van der Waals surface area (Å²) in [5.74, 6) is 0.210. The van der Waals surface area contributed by atoms with Crippen molar-refractivity contribution in [3.8, 4) is 0 Å². The number of nitrogens with zero attached hydrogens (tertiary/aromatic N) is 1. The molecule has 98 valence electrons. The number of hydrogen-bond donors (Lipinski definition) is 1. The van der Waals surface area contributed by atoms with Gasteiger partial charge in [0.05, 0.1) is 5.25 Å². The highest BCUT2D eigenvalue weighted by Crippen LogP contribution is 2.26. The maximum atomic E-state index is 12.2. The summed E-state index contributed by atoms with van der Waals surface area (Å²) in [6.45, 7) is 5.34. The molecule has 18 heavy (non-hydrogen) atoms. The van der Waals surface area contributed by atoms with Gasteiger partial charge in [0.25, 0.3) is 0 Å². The SMILES string of the molecule is CC(Sc1cccc(Cl)c1)C(=O)N1CCNCC1. The zero-order valence-electron chi connectivity index (χ0n) is 10.4. The first kappa shape index (κ1) is 13.7. The van der Waals surface area contributed by atoms with E-state index >= 15 is 0 Å². The second-order valence-electron chi connectivity index (χ2n) is 4.29. The van der Waals surface area contributed by atoms with Crippen molar-refractivity contribution in [2.24, 2.45) is 0 Å². The molecule has 0 saturated carbocycles. The molecule has 1 heterocycles. The molecule has 1 saturated heterocycles. The fourth-order valence-electron chi connectivity index (χ4n) is 1.94. The predicted octanol–water partition coefficient (Wildman–Crippen LogP) is 2.25.